The summed E-state index contributed by atoms with van der Waals surface area (Å²) in [6.45, 7) is 5.91. The van der Waals surface area contributed by atoms with E-state index in [1.165, 1.54) is 24.3 Å². The molecule has 7 heteroatoms. The highest BCUT2D eigenvalue weighted by Crippen LogP contribution is 2.18. The van der Waals surface area contributed by atoms with Gasteiger partial charge in [0.15, 0.2) is 6.10 Å². The van der Waals surface area contributed by atoms with Crippen LogP contribution >= 0.6 is 0 Å². The Morgan fingerprint density at radius 3 is 2.08 bits per heavy atom. The highest BCUT2D eigenvalue weighted by Gasteiger charge is 2.15. The number of carbonyl (C=O) groups excluding carboxylic acids is 1. The number of non-ortho nitro benzene ring substituents is 1. The molecular weight excluding hydrogens is 336 g/mol. The summed E-state index contributed by atoms with van der Waals surface area (Å²) in [7, 11) is 0. The van der Waals surface area contributed by atoms with E-state index < -0.39 is 11.0 Å². The Morgan fingerprint density at radius 1 is 1.00 bits per heavy atom. The molecule has 0 saturated carbocycles. The van der Waals surface area contributed by atoms with E-state index in [2.05, 4.69) is 5.32 Å². The lowest BCUT2D eigenvalue weighted by molar-refractivity contribution is -0.384. The van der Waals surface area contributed by atoms with Gasteiger partial charge in [0.05, 0.1) is 11.0 Å². The number of ether oxygens (including phenoxy) is 2. The van der Waals surface area contributed by atoms with Crippen molar-refractivity contribution in [3.05, 3.63) is 64.2 Å². The Morgan fingerprint density at radius 2 is 1.54 bits per heavy atom. The van der Waals surface area contributed by atoms with E-state index in [-0.39, 0.29) is 17.7 Å². The van der Waals surface area contributed by atoms with Gasteiger partial charge in [-0.1, -0.05) is 12.1 Å². The van der Waals surface area contributed by atoms with Gasteiger partial charge < -0.3 is 14.8 Å². The molecule has 26 heavy (non-hydrogen) atoms. The smallest absolute Gasteiger partial charge is 0.269 e. The van der Waals surface area contributed by atoms with E-state index in [4.69, 9.17) is 9.47 Å². The molecule has 138 valence electrons. The first-order chi connectivity index (χ1) is 12.3. The first-order valence-corrected chi connectivity index (χ1v) is 8.29. The second kappa shape index (κ2) is 8.84. The molecule has 7 nitrogen and oxygen atoms in total. The minimum absolute atomic E-state index is 0.0284. The maximum absolute atomic E-state index is 12.1. The average molecular weight is 358 g/mol. The van der Waals surface area contributed by atoms with E-state index in [0.29, 0.717) is 12.3 Å². The number of hydrogen-bond acceptors (Lipinski definition) is 5. The molecule has 0 fully saturated rings. The topological polar surface area (TPSA) is 90.7 Å². The lowest BCUT2D eigenvalue weighted by atomic mass is 10.2. The third-order valence-electron chi connectivity index (χ3n) is 3.49. The van der Waals surface area contributed by atoms with Gasteiger partial charge in [-0.3, -0.25) is 14.9 Å². The first kappa shape index (κ1) is 19.2. The zero-order valence-electron chi connectivity index (χ0n) is 15.0. The van der Waals surface area contributed by atoms with Gasteiger partial charge in [-0.25, -0.2) is 0 Å². The fourth-order valence-corrected chi connectivity index (χ4v) is 2.20. The van der Waals surface area contributed by atoms with Gasteiger partial charge in [0.25, 0.3) is 11.6 Å². The van der Waals surface area contributed by atoms with E-state index in [9.17, 15) is 14.9 Å². The summed E-state index contributed by atoms with van der Waals surface area (Å²) >= 11 is 0. The zero-order valence-corrected chi connectivity index (χ0v) is 15.0. The highest BCUT2D eigenvalue weighted by atomic mass is 16.6. The number of nitro benzene ring substituents is 1. The van der Waals surface area contributed by atoms with E-state index in [1.807, 2.05) is 38.1 Å². The van der Waals surface area contributed by atoms with Gasteiger partial charge >= 0.3 is 0 Å². The van der Waals surface area contributed by atoms with E-state index >= 15 is 0 Å². The Labute approximate surface area is 152 Å². The summed E-state index contributed by atoms with van der Waals surface area (Å²) in [5.41, 5.74) is 0.913. The summed E-state index contributed by atoms with van der Waals surface area (Å²) in [5, 5.41) is 13.4. The van der Waals surface area contributed by atoms with Gasteiger partial charge in [0.1, 0.15) is 11.5 Å². The Kier molecular flexibility index (Phi) is 6.54. The molecule has 0 bridgehead atoms. The molecule has 1 atom stereocenters. The molecule has 0 heterocycles. The van der Waals surface area contributed by atoms with E-state index in [0.717, 1.165) is 11.3 Å². The van der Waals surface area contributed by atoms with Crippen molar-refractivity contribution in [1.82, 2.24) is 5.32 Å². The molecule has 2 rings (SSSR count). The van der Waals surface area contributed by atoms with Crippen molar-refractivity contribution in [3.8, 4) is 11.5 Å². The molecule has 0 aliphatic heterocycles. The fourth-order valence-electron chi connectivity index (χ4n) is 2.20. The van der Waals surface area contributed by atoms with Crippen molar-refractivity contribution in [3.63, 3.8) is 0 Å². The quantitative estimate of drug-likeness (QED) is 0.576. The van der Waals surface area contributed by atoms with E-state index in [1.54, 1.807) is 6.92 Å². The zero-order chi connectivity index (χ0) is 19.1. The second-order valence-electron chi connectivity index (χ2n) is 6.04. The number of rotatable bonds is 8. The van der Waals surface area contributed by atoms with Crippen molar-refractivity contribution >= 4 is 11.6 Å². The molecule has 0 aliphatic rings. The Bertz CT molecular complexity index is 742. The number of hydrogen-bond donors (Lipinski definition) is 1. The lowest BCUT2D eigenvalue weighted by Gasteiger charge is -2.15. The first-order valence-electron chi connectivity index (χ1n) is 8.29. The number of benzene rings is 2. The van der Waals surface area contributed by atoms with Gasteiger partial charge in [-0.05, 0) is 50.6 Å². The van der Waals surface area contributed by atoms with Crippen LogP contribution in [0.15, 0.2) is 48.5 Å². The third-order valence-corrected chi connectivity index (χ3v) is 3.49. The van der Waals surface area contributed by atoms with Gasteiger partial charge in [-0.2, -0.15) is 0 Å². The van der Waals surface area contributed by atoms with Crippen molar-refractivity contribution in [2.45, 2.75) is 39.5 Å². The van der Waals surface area contributed by atoms with Crippen LogP contribution in [0, 0.1) is 10.1 Å². The molecule has 0 spiro atoms. The lowest BCUT2D eigenvalue weighted by Crippen LogP contribution is -2.35. The van der Waals surface area contributed by atoms with Crippen molar-refractivity contribution in [1.29, 1.82) is 0 Å². The Hall–Kier alpha value is -3.09. The van der Waals surface area contributed by atoms with Crippen molar-refractivity contribution < 1.29 is 19.2 Å². The predicted molar refractivity (Wildman–Crippen MR) is 97.2 cm³/mol. The SMILES string of the molecule is CC(C)Oc1ccc(CNC(=O)C(C)Oc2ccc([N+](=O)[O-])cc2)cc1. The fraction of sp³-hybridized carbons (Fsp3) is 0.316. The molecule has 0 aromatic heterocycles. The third kappa shape index (κ3) is 5.77. The summed E-state index contributed by atoms with van der Waals surface area (Å²) in [6.07, 6.45) is -0.613. The molecule has 1 unspecified atom stereocenters. The van der Waals surface area contributed by atoms with Crippen LogP contribution in [0.4, 0.5) is 5.69 Å². The normalized spacial score (nSPS) is 11.7. The standard InChI is InChI=1S/C19H22N2O5/c1-13(2)25-17-8-4-15(5-9-17)12-20-19(22)14(3)26-18-10-6-16(7-11-18)21(23)24/h4-11,13-14H,12H2,1-3H3,(H,20,22). The van der Waals surface area contributed by atoms with Crippen LogP contribution in [0.1, 0.15) is 26.3 Å². The summed E-state index contributed by atoms with van der Waals surface area (Å²) in [5.74, 6) is 0.907. The van der Waals surface area contributed by atoms with Gasteiger partial charge in [0.2, 0.25) is 0 Å². The van der Waals surface area contributed by atoms with Crippen molar-refractivity contribution in [2.24, 2.45) is 0 Å². The Balaban J connectivity index is 1.83. The molecule has 0 aliphatic carbocycles. The number of carbonyl (C=O) groups is 1. The second-order valence-corrected chi connectivity index (χ2v) is 6.04. The monoisotopic (exact) mass is 358 g/mol. The molecule has 0 radical (unpaired) electrons. The molecule has 1 amide bonds. The number of amides is 1. The summed E-state index contributed by atoms with van der Waals surface area (Å²) in [6, 6.07) is 13.1. The number of nitrogens with zero attached hydrogens (tertiary/aromatic N) is 1. The van der Waals surface area contributed by atoms with Gasteiger partial charge in [0, 0.05) is 18.7 Å². The predicted octanol–water partition coefficient (Wildman–Crippen LogP) is 3.47. The van der Waals surface area contributed by atoms with Crippen LogP contribution < -0.4 is 14.8 Å². The number of nitrogens with one attached hydrogen (secondary N) is 1. The van der Waals surface area contributed by atoms with Crippen LogP contribution in [0.3, 0.4) is 0 Å². The maximum atomic E-state index is 12.1. The molecule has 2 aromatic rings. The maximum Gasteiger partial charge on any atom is 0.269 e. The van der Waals surface area contributed by atoms with Gasteiger partial charge in [-0.15, -0.1) is 0 Å². The summed E-state index contributed by atoms with van der Waals surface area (Å²) in [4.78, 5) is 22.3. The summed E-state index contributed by atoms with van der Waals surface area (Å²) < 4.78 is 11.1. The average Bonchev–Trinajstić information content (AvgIpc) is 2.60. The minimum atomic E-state index is -0.722. The minimum Gasteiger partial charge on any atom is -0.491 e. The van der Waals surface area contributed by atoms with Crippen LogP contribution in [0.2, 0.25) is 0 Å². The largest absolute Gasteiger partial charge is 0.491 e. The highest BCUT2D eigenvalue weighted by molar-refractivity contribution is 5.80. The van der Waals surface area contributed by atoms with Crippen molar-refractivity contribution in [2.75, 3.05) is 0 Å². The molecule has 1 N–H and O–H groups in total. The van der Waals surface area contributed by atoms with Crippen LogP contribution in [-0.4, -0.2) is 23.0 Å². The molecular formula is C19H22N2O5. The molecule has 2 aromatic carbocycles. The molecule has 0 saturated heterocycles. The van der Waals surface area contributed by atoms with Crippen LogP contribution in [0.5, 0.6) is 11.5 Å². The van der Waals surface area contributed by atoms with Crippen LogP contribution in [0.25, 0.3) is 0 Å². The van der Waals surface area contributed by atoms with Crippen LogP contribution in [-0.2, 0) is 11.3 Å². The number of nitro groups is 1.